The first-order chi connectivity index (χ1) is 7.21. The fourth-order valence-corrected chi connectivity index (χ4v) is 2.31. The number of sulfone groups is 1. The Balaban J connectivity index is 3.10. The predicted molar refractivity (Wildman–Crippen MR) is 65.2 cm³/mol. The van der Waals surface area contributed by atoms with E-state index in [1.807, 2.05) is 32.0 Å². The van der Waals surface area contributed by atoms with Crippen molar-refractivity contribution in [3.63, 3.8) is 0 Å². The van der Waals surface area contributed by atoms with Crippen molar-refractivity contribution in [1.29, 1.82) is 0 Å². The van der Waals surface area contributed by atoms with E-state index in [0.29, 0.717) is 5.56 Å². The minimum atomic E-state index is -3.23. The average molecular weight is 242 g/mol. The minimum Gasteiger partial charge on any atom is -0.387 e. The normalized spacial score (nSPS) is 15.8. The zero-order valence-corrected chi connectivity index (χ0v) is 10.9. The summed E-state index contributed by atoms with van der Waals surface area (Å²) in [6.07, 6.45) is 0.178. The molecular weight excluding hydrogens is 224 g/mol. The van der Waals surface area contributed by atoms with Crippen molar-refractivity contribution in [2.75, 3.05) is 6.26 Å². The molecule has 2 atom stereocenters. The average Bonchev–Trinajstić information content (AvgIpc) is 2.12. The molecule has 0 radical (unpaired) electrons. The third-order valence-electron chi connectivity index (χ3n) is 2.71. The molecule has 3 nitrogen and oxygen atoms in total. The summed E-state index contributed by atoms with van der Waals surface area (Å²) in [5, 5.41) is 9.21. The van der Waals surface area contributed by atoms with Gasteiger partial charge in [-0.25, -0.2) is 8.42 Å². The van der Waals surface area contributed by atoms with Crippen LogP contribution in [-0.2, 0) is 9.84 Å². The first-order valence-electron chi connectivity index (χ1n) is 5.17. The Morgan fingerprint density at radius 2 is 1.56 bits per heavy atom. The second kappa shape index (κ2) is 4.55. The smallest absolute Gasteiger partial charge is 0.152 e. The summed E-state index contributed by atoms with van der Waals surface area (Å²) in [6, 6.07) is 5.63. The molecule has 0 heterocycles. The topological polar surface area (TPSA) is 54.4 Å². The van der Waals surface area contributed by atoms with Crippen LogP contribution in [0.2, 0.25) is 0 Å². The van der Waals surface area contributed by atoms with Crippen LogP contribution in [0.4, 0.5) is 0 Å². The van der Waals surface area contributed by atoms with Gasteiger partial charge in [0.25, 0.3) is 0 Å². The van der Waals surface area contributed by atoms with Gasteiger partial charge in [-0.05, 0) is 26.3 Å². The van der Waals surface area contributed by atoms with Crippen molar-refractivity contribution in [3.8, 4) is 0 Å². The third-order valence-corrected chi connectivity index (χ3v) is 4.31. The van der Waals surface area contributed by atoms with Gasteiger partial charge in [0.05, 0.1) is 11.4 Å². The van der Waals surface area contributed by atoms with E-state index in [0.717, 1.165) is 17.4 Å². The summed E-state index contributed by atoms with van der Waals surface area (Å²) in [7, 11) is -3.23. The van der Waals surface area contributed by atoms with Gasteiger partial charge in [0.1, 0.15) is 0 Å². The van der Waals surface area contributed by atoms with Crippen molar-refractivity contribution in [2.45, 2.75) is 32.1 Å². The highest BCUT2D eigenvalue weighted by atomic mass is 32.2. The molecule has 0 fully saturated rings. The third kappa shape index (κ3) is 3.06. The Kier molecular flexibility index (Phi) is 3.76. The Hall–Kier alpha value is -0.870. The van der Waals surface area contributed by atoms with Gasteiger partial charge in [0.2, 0.25) is 0 Å². The molecule has 0 amide bonds. The van der Waals surface area contributed by atoms with Crippen LogP contribution < -0.4 is 0 Å². The van der Waals surface area contributed by atoms with Crippen LogP contribution in [0.1, 0.15) is 29.7 Å². The standard InChI is InChI=1S/C12H18O3S/c1-8-5-9(2)7-11(6-8)12(13)10(3)16(4,14)15/h5-7,10,12-13H,1-4H3. The molecule has 0 aliphatic heterocycles. The van der Waals surface area contributed by atoms with Gasteiger partial charge in [-0.2, -0.15) is 0 Å². The lowest BCUT2D eigenvalue weighted by Crippen LogP contribution is -2.24. The molecule has 1 N–H and O–H groups in total. The molecule has 1 rings (SSSR count). The number of hydrogen-bond donors (Lipinski definition) is 1. The zero-order chi connectivity index (χ0) is 12.5. The van der Waals surface area contributed by atoms with E-state index in [1.54, 1.807) is 0 Å². The Morgan fingerprint density at radius 3 is 1.94 bits per heavy atom. The van der Waals surface area contributed by atoms with Crippen molar-refractivity contribution < 1.29 is 13.5 Å². The Labute approximate surface area is 97.0 Å². The van der Waals surface area contributed by atoms with Crippen molar-refractivity contribution in [3.05, 3.63) is 34.9 Å². The van der Waals surface area contributed by atoms with Crippen LogP contribution in [0, 0.1) is 13.8 Å². The van der Waals surface area contributed by atoms with Gasteiger partial charge in [-0.1, -0.05) is 29.3 Å². The van der Waals surface area contributed by atoms with Crippen LogP contribution in [0.15, 0.2) is 18.2 Å². The summed E-state index contributed by atoms with van der Waals surface area (Å²) >= 11 is 0. The Bertz CT molecular complexity index is 457. The second-order valence-electron chi connectivity index (χ2n) is 4.40. The van der Waals surface area contributed by atoms with Crippen molar-refractivity contribution >= 4 is 9.84 Å². The molecule has 1 aromatic carbocycles. The maximum absolute atomic E-state index is 11.4. The quantitative estimate of drug-likeness (QED) is 0.879. The number of aryl methyl sites for hydroxylation is 2. The Morgan fingerprint density at radius 1 is 1.12 bits per heavy atom. The van der Waals surface area contributed by atoms with Crippen LogP contribution in [-0.4, -0.2) is 25.0 Å². The molecule has 0 aliphatic rings. The summed E-state index contributed by atoms with van der Waals surface area (Å²) in [5.41, 5.74) is 2.71. The predicted octanol–water partition coefficient (Wildman–Crippen LogP) is 1.77. The lowest BCUT2D eigenvalue weighted by molar-refractivity contribution is 0.176. The largest absolute Gasteiger partial charge is 0.387 e. The van der Waals surface area contributed by atoms with Gasteiger partial charge in [0.15, 0.2) is 9.84 Å². The lowest BCUT2D eigenvalue weighted by atomic mass is 10.0. The highest BCUT2D eigenvalue weighted by Crippen LogP contribution is 2.23. The van der Waals surface area contributed by atoms with Crippen molar-refractivity contribution in [2.24, 2.45) is 0 Å². The van der Waals surface area contributed by atoms with E-state index in [4.69, 9.17) is 0 Å². The maximum atomic E-state index is 11.4. The highest BCUT2D eigenvalue weighted by Gasteiger charge is 2.25. The van der Waals surface area contributed by atoms with E-state index in [1.165, 1.54) is 6.92 Å². The van der Waals surface area contributed by atoms with Gasteiger partial charge < -0.3 is 5.11 Å². The van der Waals surface area contributed by atoms with Gasteiger partial charge in [-0.3, -0.25) is 0 Å². The molecule has 0 spiro atoms. The molecule has 0 saturated carbocycles. The van der Waals surface area contributed by atoms with E-state index in [9.17, 15) is 13.5 Å². The summed E-state index contributed by atoms with van der Waals surface area (Å²) in [5.74, 6) is 0. The molecule has 0 aromatic heterocycles. The van der Waals surface area contributed by atoms with Gasteiger partial charge >= 0.3 is 0 Å². The second-order valence-corrected chi connectivity index (χ2v) is 6.80. The number of benzene rings is 1. The van der Waals surface area contributed by atoms with Crippen LogP contribution in [0.3, 0.4) is 0 Å². The number of hydrogen-bond acceptors (Lipinski definition) is 3. The van der Waals surface area contributed by atoms with Crippen LogP contribution in [0.25, 0.3) is 0 Å². The fraction of sp³-hybridized carbons (Fsp3) is 0.500. The number of aliphatic hydroxyl groups is 1. The molecule has 0 saturated heterocycles. The van der Waals surface area contributed by atoms with Crippen LogP contribution in [0.5, 0.6) is 0 Å². The van der Waals surface area contributed by atoms with Crippen molar-refractivity contribution in [1.82, 2.24) is 0 Å². The SMILES string of the molecule is Cc1cc(C)cc(C(O)C(C)S(C)(=O)=O)c1. The van der Waals surface area contributed by atoms with E-state index >= 15 is 0 Å². The lowest BCUT2D eigenvalue weighted by Gasteiger charge is -2.18. The van der Waals surface area contributed by atoms with Gasteiger partial charge in [0, 0.05) is 6.26 Å². The first kappa shape index (κ1) is 13.2. The number of rotatable bonds is 3. The van der Waals surface area contributed by atoms with Gasteiger partial charge in [-0.15, -0.1) is 0 Å². The highest BCUT2D eigenvalue weighted by molar-refractivity contribution is 7.91. The number of aliphatic hydroxyl groups excluding tert-OH is 1. The first-order valence-corrected chi connectivity index (χ1v) is 7.12. The molecular formula is C12H18O3S. The minimum absolute atomic E-state index is 0.662. The maximum Gasteiger partial charge on any atom is 0.152 e. The zero-order valence-electron chi connectivity index (χ0n) is 10.1. The summed E-state index contributed by atoms with van der Waals surface area (Å²) in [4.78, 5) is 0. The molecule has 16 heavy (non-hydrogen) atoms. The fourth-order valence-electron chi connectivity index (χ4n) is 1.69. The molecule has 1 aromatic rings. The molecule has 0 aliphatic carbocycles. The van der Waals surface area contributed by atoms with E-state index in [2.05, 4.69) is 0 Å². The monoisotopic (exact) mass is 242 g/mol. The summed E-state index contributed by atoms with van der Waals surface area (Å²) in [6.45, 7) is 5.38. The van der Waals surface area contributed by atoms with E-state index in [-0.39, 0.29) is 0 Å². The van der Waals surface area contributed by atoms with Crippen LogP contribution >= 0.6 is 0 Å². The summed E-state index contributed by atoms with van der Waals surface area (Å²) < 4.78 is 22.7. The molecule has 4 heteroatoms. The molecule has 0 bridgehead atoms. The molecule has 2 unspecified atom stereocenters. The van der Waals surface area contributed by atoms with E-state index < -0.39 is 21.2 Å². The molecule has 90 valence electrons.